The first-order valence-electron chi connectivity index (χ1n) is 19.5. The van der Waals surface area contributed by atoms with Crippen molar-refractivity contribution in [1.29, 1.82) is 0 Å². The second-order valence-electron chi connectivity index (χ2n) is 17.1. The number of amides is 2. The Labute approximate surface area is 309 Å². The van der Waals surface area contributed by atoms with Crippen molar-refractivity contribution < 1.29 is 14.3 Å². The van der Waals surface area contributed by atoms with Crippen LogP contribution in [0.5, 0.6) is 5.75 Å². The molecule has 11 heteroatoms. The van der Waals surface area contributed by atoms with Gasteiger partial charge in [0.05, 0.1) is 18.5 Å². The quantitative estimate of drug-likeness (QED) is 0.207. The molecule has 4 aromatic rings. The summed E-state index contributed by atoms with van der Waals surface area (Å²) in [7, 11) is 1.66. The van der Waals surface area contributed by atoms with Crippen molar-refractivity contribution in [2.75, 3.05) is 48.8 Å². The number of likely N-dealkylation sites (tertiary alicyclic amines) is 1. The first-order valence-corrected chi connectivity index (χ1v) is 19.5. The number of benzene rings is 2. The zero-order valence-corrected chi connectivity index (χ0v) is 30.5. The van der Waals surface area contributed by atoms with E-state index in [4.69, 9.17) is 9.72 Å². The summed E-state index contributed by atoms with van der Waals surface area (Å²) in [6.45, 7) is 5.47. The summed E-state index contributed by atoms with van der Waals surface area (Å²) in [6.07, 6.45) is 11.1. The molecule has 4 bridgehead atoms. The number of ether oxygens (including phenoxy) is 1. The van der Waals surface area contributed by atoms with Gasteiger partial charge in [0.1, 0.15) is 5.75 Å². The number of methoxy groups -OCH3 is 1. The van der Waals surface area contributed by atoms with Gasteiger partial charge in [0.2, 0.25) is 17.8 Å². The Balaban J connectivity index is 0.841. The van der Waals surface area contributed by atoms with Crippen molar-refractivity contribution in [3.8, 4) is 11.4 Å². The minimum absolute atomic E-state index is 0.00919. The fourth-order valence-corrected chi connectivity index (χ4v) is 11.0. The molecule has 2 amide bonds. The van der Waals surface area contributed by atoms with Crippen LogP contribution in [0.3, 0.4) is 0 Å². The number of fused-ring (bicyclic) bond motifs is 2. The summed E-state index contributed by atoms with van der Waals surface area (Å²) in [5.41, 5.74) is 4.40. The van der Waals surface area contributed by atoms with Crippen LogP contribution in [0, 0.1) is 47.8 Å². The van der Waals surface area contributed by atoms with E-state index < -0.39 is 0 Å². The molecule has 2 saturated heterocycles. The Morgan fingerprint density at radius 2 is 1.72 bits per heavy atom. The molecule has 4 atom stereocenters. The molecule has 53 heavy (non-hydrogen) atoms. The number of anilines is 4. The highest BCUT2D eigenvalue weighted by Crippen LogP contribution is 2.67. The molecule has 7 fully saturated rings. The average molecular weight is 714 g/mol. The van der Waals surface area contributed by atoms with E-state index in [1.807, 2.05) is 31.2 Å². The highest BCUT2D eigenvalue weighted by Gasteiger charge is 2.58. The smallest absolute Gasteiger partial charge is 0.257 e. The molecule has 11 rings (SSSR count). The first-order chi connectivity index (χ1) is 25.7. The van der Waals surface area contributed by atoms with Crippen LogP contribution in [0.15, 0.2) is 59.5 Å². The van der Waals surface area contributed by atoms with E-state index in [-0.39, 0.29) is 17.4 Å². The number of carbonyl (C=O) groups excluding carboxylic acids is 2. The standard InChI is InChI=1S/C42H47N7O4/c1-24-10-37(50)49(33-5-3-4-31(14-33)44-40(52)27-6-7-27)39-34(24)19-43-41(46-39)45-35-9-8-32(15-36(35)53-2)47-20-28-22-48(23-29(28)21-47)38(51)18-42-16-25-11-26(17-42)13-30(42)12-25/h3-5,8-10,14-15,19,25-30H,6-7,11-13,16-18,20-23H2,1-2H3,(H,44,52)(H,43,45,46). The number of pyridine rings is 1. The van der Waals surface area contributed by atoms with Gasteiger partial charge in [-0.2, -0.15) is 4.98 Å². The Morgan fingerprint density at radius 1 is 0.943 bits per heavy atom. The van der Waals surface area contributed by atoms with E-state index in [1.165, 1.54) is 32.1 Å². The van der Waals surface area contributed by atoms with Crippen molar-refractivity contribution in [3.05, 3.63) is 70.6 Å². The molecular formula is C42H47N7O4. The molecule has 5 aliphatic carbocycles. The average Bonchev–Trinajstić information content (AvgIpc) is 3.65. The Hall–Kier alpha value is -4.93. The van der Waals surface area contributed by atoms with Gasteiger partial charge in [-0.15, -0.1) is 0 Å². The molecule has 2 N–H and O–H groups in total. The van der Waals surface area contributed by atoms with Crippen molar-refractivity contribution in [1.82, 2.24) is 19.4 Å². The normalized spacial score (nSPS) is 28.2. The lowest BCUT2D eigenvalue weighted by Gasteiger charge is -2.34. The fourth-order valence-electron chi connectivity index (χ4n) is 11.0. The summed E-state index contributed by atoms with van der Waals surface area (Å²) in [4.78, 5) is 53.6. The predicted octanol–water partition coefficient (Wildman–Crippen LogP) is 6.30. The topological polar surface area (TPSA) is 122 Å². The number of rotatable bonds is 9. The Kier molecular flexibility index (Phi) is 7.60. The van der Waals surface area contributed by atoms with Crippen LogP contribution < -0.4 is 25.8 Å². The monoisotopic (exact) mass is 713 g/mol. The number of aromatic nitrogens is 3. The molecule has 0 radical (unpaired) electrons. The Bertz CT molecular complexity index is 2190. The summed E-state index contributed by atoms with van der Waals surface area (Å²) in [6, 6.07) is 15.0. The minimum Gasteiger partial charge on any atom is -0.494 e. The van der Waals surface area contributed by atoms with Gasteiger partial charge in [-0.1, -0.05) is 6.07 Å². The van der Waals surface area contributed by atoms with Gasteiger partial charge in [-0.05, 0) is 111 Å². The van der Waals surface area contributed by atoms with E-state index in [2.05, 4.69) is 37.6 Å². The molecule has 4 unspecified atom stereocenters. The summed E-state index contributed by atoms with van der Waals surface area (Å²) >= 11 is 0. The number of hydrogen-bond acceptors (Lipinski definition) is 8. The number of carbonyl (C=O) groups is 2. The second-order valence-corrected chi connectivity index (χ2v) is 17.1. The molecule has 4 heterocycles. The largest absolute Gasteiger partial charge is 0.494 e. The van der Waals surface area contributed by atoms with Gasteiger partial charge in [-0.25, -0.2) is 4.98 Å². The SMILES string of the molecule is COc1cc(N2CC3CN(C(=O)CC45CC6CC(CC4C6)C5)CC3C2)ccc1Nc1ncc2c(C)cc(=O)n(-c3cccc(NC(=O)C4CC4)c3)c2n1. The number of nitrogens with zero attached hydrogens (tertiary/aromatic N) is 5. The molecule has 5 saturated carbocycles. The van der Waals surface area contributed by atoms with Crippen LogP contribution in [0.25, 0.3) is 16.7 Å². The number of hydrogen-bond donors (Lipinski definition) is 2. The van der Waals surface area contributed by atoms with Crippen LogP contribution in [0.4, 0.5) is 23.0 Å². The molecule has 2 aromatic heterocycles. The summed E-state index contributed by atoms with van der Waals surface area (Å²) in [5.74, 6) is 5.03. The van der Waals surface area contributed by atoms with Crippen LogP contribution in [-0.2, 0) is 9.59 Å². The van der Waals surface area contributed by atoms with Gasteiger partial charge in [0, 0.05) is 85.4 Å². The minimum atomic E-state index is -0.220. The number of nitrogens with one attached hydrogen (secondary N) is 2. The second kappa shape index (κ2) is 12.3. The maximum absolute atomic E-state index is 13.6. The third-order valence-corrected chi connectivity index (χ3v) is 13.6. The zero-order valence-electron chi connectivity index (χ0n) is 30.5. The van der Waals surface area contributed by atoms with Crippen molar-refractivity contribution in [2.24, 2.45) is 40.9 Å². The van der Waals surface area contributed by atoms with Crippen LogP contribution >= 0.6 is 0 Å². The van der Waals surface area contributed by atoms with Crippen molar-refractivity contribution >= 4 is 45.9 Å². The van der Waals surface area contributed by atoms with Crippen LogP contribution in [0.1, 0.15) is 56.9 Å². The third kappa shape index (κ3) is 5.74. The van der Waals surface area contributed by atoms with Crippen LogP contribution in [-0.4, -0.2) is 64.5 Å². The lowest BCUT2D eigenvalue weighted by molar-refractivity contribution is -0.133. The molecule has 2 aliphatic heterocycles. The maximum atomic E-state index is 13.6. The van der Waals surface area contributed by atoms with E-state index >= 15 is 0 Å². The molecular weight excluding hydrogens is 667 g/mol. The molecule has 7 aliphatic rings. The summed E-state index contributed by atoms with van der Waals surface area (Å²) < 4.78 is 7.42. The Morgan fingerprint density at radius 3 is 2.45 bits per heavy atom. The summed E-state index contributed by atoms with van der Waals surface area (Å²) in [5, 5.41) is 7.07. The fraction of sp³-hybridized carbons (Fsp3) is 0.500. The highest BCUT2D eigenvalue weighted by atomic mass is 16.5. The van der Waals surface area contributed by atoms with Gasteiger partial charge < -0.3 is 25.2 Å². The zero-order chi connectivity index (χ0) is 36.0. The highest BCUT2D eigenvalue weighted by molar-refractivity contribution is 5.94. The van der Waals surface area contributed by atoms with Gasteiger partial charge in [0.25, 0.3) is 5.56 Å². The lowest BCUT2D eigenvalue weighted by atomic mass is 9.73. The van der Waals surface area contributed by atoms with Crippen molar-refractivity contribution in [3.63, 3.8) is 0 Å². The van der Waals surface area contributed by atoms with Gasteiger partial charge in [0.15, 0.2) is 5.65 Å². The van der Waals surface area contributed by atoms with Gasteiger partial charge in [-0.3, -0.25) is 19.0 Å². The van der Waals surface area contributed by atoms with Crippen molar-refractivity contribution in [2.45, 2.75) is 58.3 Å². The molecule has 0 spiro atoms. The van der Waals surface area contributed by atoms with E-state index in [9.17, 15) is 14.4 Å². The maximum Gasteiger partial charge on any atom is 0.257 e. The molecule has 274 valence electrons. The number of aryl methyl sites for hydroxylation is 1. The van der Waals surface area contributed by atoms with E-state index in [0.717, 1.165) is 79.8 Å². The molecule has 11 nitrogen and oxygen atoms in total. The first kappa shape index (κ1) is 32.7. The predicted molar refractivity (Wildman–Crippen MR) is 204 cm³/mol. The third-order valence-electron chi connectivity index (χ3n) is 13.6. The van der Waals surface area contributed by atoms with Crippen LogP contribution in [0.2, 0.25) is 0 Å². The molecule has 2 aromatic carbocycles. The lowest BCUT2D eigenvalue weighted by Crippen LogP contribution is -2.37. The van der Waals surface area contributed by atoms with E-state index in [1.54, 1.807) is 30.0 Å². The van der Waals surface area contributed by atoms with E-state index in [0.29, 0.717) is 57.6 Å². The van der Waals surface area contributed by atoms with Gasteiger partial charge >= 0.3 is 0 Å².